The van der Waals surface area contributed by atoms with Crippen LogP contribution in [-0.4, -0.2) is 35.0 Å². The Morgan fingerprint density at radius 1 is 1.19 bits per heavy atom. The van der Waals surface area contributed by atoms with E-state index in [0.29, 0.717) is 10.5 Å². The summed E-state index contributed by atoms with van der Waals surface area (Å²) in [6.45, 7) is 4.24. The van der Waals surface area contributed by atoms with Crippen molar-refractivity contribution >= 4 is 46.2 Å². The van der Waals surface area contributed by atoms with E-state index in [1.54, 1.807) is 17.4 Å². The molecule has 1 aliphatic rings. The average Bonchev–Trinajstić information content (AvgIpc) is 3.08. The van der Waals surface area contributed by atoms with Crippen LogP contribution >= 0.6 is 23.1 Å². The van der Waals surface area contributed by atoms with Crippen LogP contribution in [-0.2, 0) is 4.79 Å². The first-order valence-electron chi connectivity index (χ1n) is 8.11. The number of hydrogen-bond donors (Lipinski definition) is 1. The maximum Gasteiger partial charge on any atom is 0.293 e. The minimum atomic E-state index is -0.319. The number of carbonyl (C=O) groups excluding carboxylic acids is 3. The van der Waals surface area contributed by atoms with Gasteiger partial charge in [0.1, 0.15) is 0 Å². The topological polar surface area (TPSA) is 66.5 Å². The third-order valence-electron chi connectivity index (χ3n) is 3.88. The Hall–Kier alpha value is -2.38. The highest BCUT2D eigenvalue weighted by atomic mass is 32.2. The number of hydrogen-bond acceptors (Lipinski definition) is 5. The van der Waals surface area contributed by atoms with Gasteiger partial charge >= 0.3 is 0 Å². The highest BCUT2D eigenvalue weighted by Gasteiger charge is 2.34. The van der Waals surface area contributed by atoms with E-state index >= 15 is 0 Å². The molecule has 0 aliphatic carbocycles. The molecule has 1 aromatic heterocycles. The number of aryl methyl sites for hydroxylation is 2. The summed E-state index contributed by atoms with van der Waals surface area (Å²) in [7, 11) is 0. The molecule has 0 spiro atoms. The first-order chi connectivity index (χ1) is 12.5. The van der Waals surface area contributed by atoms with Gasteiger partial charge < -0.3 is 5.32 Å². The average molecular weight is 386 g/mol. The van der Waals surface area contributed by atoms with Crippen LogP contribution in [0.3, 0.4) is 0 Å². The molecular formula is C19H18N2O3S2. The van der Waals surface area contributed by atoms with Gasteiger partial charge in [0.05, 0.1) is 10.5 Å². The highest BCUT2D eigenvalue weighted by molar-refractivity contribution is 8.18. The van der Waals surface area contributed by atoms with Gasteiger partial charge in [-0.25, -0.2) is 0 Å². The lowest BCUT2D eigenvalue weighted by atomic mass is 10.2. The van der Waals surface area contributed by atoms with Crippen molar-refractivity contribution in [3.05, 3.63) is 62.2 Å². The lowest BCUT2D eigenvalue weighted by molar-refractivity contribution is -0.122. The zero-order valence-corrected chi connectivity index (χ0v) is 16.1. The molecule has 2 aromatic rings. The lowest BCUT2D eigenvalue weighted by Gasteiger charge is -2.12. The number of amides is 3. The molecule has 0 atom stereocenters. The van der Waals surface area contributed by atoms with Crippen molar-refractivity contribution in [2.75, 3.05) is 13.1 Å². The monoisotopic (exact) mass is 386 g/mol. The Bertz CT molecular complexity index is 887. The van der Waals surface area contributed by atoms with Gasteiger partial charge in [-0.2, -0.15) is 0 Å². The molecule has 0 unspecified atom stereocenters. The van der Waals surface area contributed by atoms with E-state index in [9.17, 15) is 14.4 Å². The standard InChI is InChI=1S/C19H18N2O3S2/c1-12-10-15(13(2)25-12)17(22)20-8-9-21-18(23)16(26-19(21)24)11-14-6-4-3-5-7-14/h3-7,10-11H,8-9H2,1-2H3,(H,20,22)/b16-11-. The Morgan fingerprint density at radius 2 is 1.92 bits per heavy atom. The van der Waals surface area contributed by atoms with Crippen LogP contribution in [0.1, 0.15) is 25.7 Å². The van der Waals surface area contributed by atoms with Crippen LogP contribution in [0.4, 0.5) is 4.79 Å². The number of benzene rings is 1. The summed E-state index contributed by atoms with van der Waals surface area (Å²) in [5, 5.41) is 2.47. The van der Waals surface area contributed by atoms with Crippen LogP contribution in [0.2, 0.25) is 0 Å². The highest BCUT2D eigenvalue weighted by Crippen LogP contribution is 2.31. The number of nitrogens with zero attached hydrogens (tertiary/aromatic N) is 1. The summed E-state index contributed by atoms with van der Waals surface area (Å²) in [5.41, 5.74) is 1.51. The number of carbonyl (C=O) groups is 3. The Labute approximate surface area is 160 Å². The van der Waals surface area contributed by atoms with E-state index in [2.05, 4.69) is 5.32 Å². The lowest BCUT2D eigenvalue weighted by Crippen LogP contribution is -2.37. The van der Waals surface area contributed by atoms with Crippen molar-refractivity contribution in [1.82, 2.24) is 10.2 Å². The Kier molecular flexibility index (Phi) is 5.58. The molecule has 1 N–H and O–H groups in total. The number of imide groups is 1. The predicted octanol–water partition coefficient (Wildman–Crippen LogP) is 3.83. The molecule has 2 heterocycles. The Balaban J connectivity index is 1.59. The molecule has 1 saturated heterocycles. The molecule has 3 rings (SSSR count). The van der Waals surface area contributed by atoms with E-state index in [0.717, 1.165) is 27.1 Å². The van der Waals surface area contributed by atoms with Gasteiger partial charge in [-0.3, -0.25) is 19.3 Å². The second kappa shape index (κ2) is 7.88. The largest absolute Gasteiger partial charge is 0.350 e. The van der Waals surface area contributed by atoms with Gasteiger partial charge in [0.25, 0.3) is 17.1 Å². The minimum absolute atomic E-state index is 0.157. The summed E-state index contributed by atoms with van der Waals surface area (Å²) in [6.07, 6.45) is 1.71. The van der Waals surface area contributed by atoms with Gasteiger partial charge in [-0.15, -0.1) is 11.3 Å². The fraction of sp³-hybridized carbons (Fsp3) is 0.211. The van der Waals surface area contributed by atoms with Gasteiger partial charge in [0.15, 0.2) is 0 Å². The van der Waals surface area contributed by atoms with E-state index in [1.165, 1.54) is 4.90 Å². The van der Waals surface area contributed by atoms with Crippen molar-refractivity contribution in [3.8, 4) is 0 Å². The molecule has 1 aliphatic heterocycles. The fourth-order valence-electron chi connectivity index (χ4n) is 2.63. The summed E-state index contributed by atoms with van der Waals surface area (Å²) in [4.78, 5) is 40.3. The van der Waals surface area contributed by atoms with Gasteiger partial charge in [0.2, 0.25) is 0 Å². The Morgan fingerprint density at radius 3 is 2.58 bits per heavy atom. The number of thiophene rings is 1. The van der Waals surface area contributed by atoms with Gasteiger partial charge in [-0.05, 0) is 43.3 Å². The summed E-state index contributed by atoms with van der Waals surface area (Å²) >= 11 is 2.49. The molecule has 7 heteroatoms. The third kappa shape index (κ3) is 4.05. The van der Waals surface area contributed by atoms with Crippen molar-refractivity contribution < 1.29 is 14.4 Å². The zero-order valence-electron chi connectivity index (χ0n) is 14.4. The number of nitrogens with one attached hydrogen (secondary N) is 1. The van der Waals surface area contributed by atoms with Crippen molar-refractivity contribution in [2.24, 2.45) is 0 Å². The van der Waals surface area contributed by atoms with Gasteiger partial charge in [0, 0.05) is 22.8 Å². The molecule has 1 fully saturated rings. The molecule has 1 aromatic carbocycles. The third-order valence-corrected chi connectivity index (χ3v) is 5.75. The molecule has 3 amide bonds. The molecule has 5 nitrogen and oxygen atoms in total. The van der Waals surface area contributed by atoms with E-state index in [4.69, 9.17) is 0 Å². The van der Waals surface area contributed by atoms with Crippen LogP contribution in [0, 0.1) is 13.8 Å². The normalized spacial score (nSPS) is 15.8. The molecule has 134 valence electrons. The molecule has 0 radical (unpaired) electrons. The summed E-state index contributed by atoms with van der Waals surface area (Å²) < 4.78 is 0. The van der Waals surface area contributed by atoms with E-state index in [1.807, 2.05) is 50.2 Å². The predicted molar refractivity (Wildman–Crippen MR) is 105 cm³/mol. The molecular weight excluding hydrogens is 368 g/mol. The van der Waals surface area contributed by atoms with Crippen molar-refractivity contribution in [2.45, 2.75) is 13.8 Å². The molecule has 26 heavy (non-hydrogen) atoms. The number of thioether (sulfide) groups is 1. The van der Waals surface area contributed by atoms with Gasteiger partial charge in [-0.1, -0.05) is 30.3 Å². The van der Waals surface area contributed by atoms with E-state index in [-0.39, 0.29) is 30.1 Å². The quantitative estimate of drug-likeness (QED) is 0.793. The summed E-state index contributed by atoms with van der Waals surface area (Å²) in [5.74, 6) is -0.501. The first-order valence-corrected chi connectivity index (χ1v) is 9.74. The van der Waals surface area contributed by atoms with Crippen LogP contribution in [0.15, 0.2) is 41.3 Å². The fourth-order valence-corrected chi connectivity index (χ4v) is 4.41. The molecule has 0 saturated carbocycles. The van der Waals surface area contributed by atoms with Crippen LogP contribution in [0.5, 0.6) is 0 Å². The smallest absolute Gasteiger partial charge is 0.293 e. The van der Waals surface area contributed by atoms with Crippen LogP contribution < -0.4 is 5.32 Å². The second-order valence-electron chi connectivity index (χ2n) is 5.83. The maximum absolute atomic E-state index is 12.4. The molecule has 0 bridgehead atoms. The SMILES string of the molecule is Cc1cc(C(=O)NCCN2C(=O)S/C(=C\c3ccccc3)C2=O)c(C)s1. The van der Waals surface area contributed by atoms with E-state index < -0.39 is 0 Å². The minimum Gasteiger partial charge on any atom is -0.350 e. The summed E-state index contributed by atoms with van der Waals surface area (Å²) in [6, 6.07) is 11.2. The zero-order chi connectivity index (χ0) is 18.7. The van der Waals surface area contributed by atoms with Crippen molar-refractivity contribution in [1.29, 1.82) is 0 Å². The van der Waals surface area contributed by atoms with Crippen molar-refractivity contribution in [3.63, 3.8) is 0 Å². The second-order valence-corrected chi connectivity index (χ2v) is 8.28. The maximum atomic E-state index is 12.4. The first kappa shape index (κ1) is 18.4. The number of rotatable bonds is 5. The van der Waals surface area contributed by atoms with Crippen LogP contribution in [0.25, 0.3) is 6.08 Å².